The summed E-state index contributed by atoms with van der Waals surface area (Å²) in [4.78, 5) is 4.13. The summed E-state index contributed by atoms with van der Waals surface area (Å²) in [7, 11) is 1.51. The number of nitrogens with zero attached hydrogens (tertiary/aromatic N) is 1. The van der Waals surface area contributed by atoms with E-state index in [-0.39, 0.29) is 5.82 Å². The van der Waals surface area contributed by atoms with E-state index >= 15 is 0 Å². The molecule has 1 heterocycles. The molecule has 1 N–H and O–H groups in total. The van der Waals surface area contributed by atoms with Crippen molar-refractivity contribution in [2.75, 3.05) is 19.0 Å². The molecule has 0 fully saturated rings. The molecule has 0 atom stereocenters. The number of hydrogen-bond acceptors (Lipinski definition) is 4. The second-order valence-corrected chi connectivity index (χ2v) is 4.13. The van der Waals surface area contributed by atoms with Gasteiger partial charge in [0.2, 0.25) is 5.88 Å². The zero-order valence-electron chi connectivity index (χ0n) is 11.5. The van der Waals surface area contributed by atoms with Crippen LogP contribution in [0.2, 0.25) is 0 Å². The highest BCUT2D eigenvalue weighted by atomic mass is 19.1. The quantitative estimate of drug-likeness (QED) is 0.879. The van der Waals surface area contributed by atoms with Crippen molar-refractivity contribution >= 4 is 5.69 Å². The van der Waals surface area contributed by atoms with Crippen molar-refractivity contribution in [1.29, 1.82) is 0 Å². The predicted molar refractivity (Wildman–Crippen MR) is 75.7 cm³/mol. The molecule has 20 heavy (non-hydrogen) atoms. The highest BCUT2D eigenvalue weighted by molar-refractivity contribution is 5.43. The third-order valence-electron chi connectivity index (χ3n) is 2.77. The second kappa shape index (κ2) is 6.75. The maximum Gasteiger partial charge on any atom is 0.213 e. The Hall–Kier alpha value is -2.30. The van der Waals surface area contributed by atoms with Crippen LogP contribution in [0.4, 0.5) is 10.1 Å². The number of methoxy groups -OCH3 is 1. The standard InChI is InChI=1S/C15H17FN2O2/c1-3-20-15-7-5-12(10-18-15)17-9-11-4-6-13(19-2)8-14(11)16/h4-8,10,17H,3,9H2,1-2H3. The van der Waals surface area contributed by atoms with Crippen molar-refractivity contribution in [2.45, 2.75) is 13.5 Å². The summed E-state index contributed by atoms with van der Waals surface area (Å²) in [5.41, 5.74) is 1.38. The first-order valence-corrected chi connectivity index (χ1v) is 6.38. The molecule has 0 radical (unpaired) electrons. The van der Waals surface area contributed by atoms with Gasteiger partial charge in [-0.3, -0.25) is 0 Å². The monoisotopic (exact) mass is 276 g/mol. The van der Waals surface area contributed by atoms with Crippen molar-refractivity contribution in [2.24, 2.45) is 0 Å². The van der Waals surface area contributed by atoms with Gasteiger partial charge in [0, 0.05) is 24.2 Å². The Morgan fingerprint density at radius 1 is 1.25 bits per heavy atom. The van der Waals surface area contributed by atoms with E-state index in [9.17, 15) is 4.39 Å². The summed E-state index contributed by atoms with van der Waals surface area (Å²) < 4.78 is 24.0. The van der Waals surface area contributed by atoms with Crippen LogP contribution in [0, 0.1) is 5.82 Å². The first kappa shape index (κ1) is 14.1. The summed E-state index contributed by atoms with van der Waals surface area (Å²) in [6, 6.07) is 8.42. The number of pyridine rings is 1. The van der Waals surface area contributed by atoms with Gasteiger partial charge in [-0.15, -0.1) is 0 Å². The summed E-state index contributed by atoms with van der Waals surface area (Å²) in [5.74, 6) is 0.790. The van der Waals surface area contributed by atoms with Crippen LogP contribution in [0.1, 0.15) is 12.5 Å². The molecule has 0 aliphatic carbocycles. The van der Waals surface area contributed by atoms with Gasteiger partial charge < -0.3 is 14.8 Å². The van der Waals surface area contributed by atoms with Gasteiger partial charge in [-0.05, 0) is 19.1 Å². The van der Waals surface area contributed by atoms with Crippen molar-refractivity contribution in [1.82, 2.24) is 4.98 Å². The van der Waals surface area contributed by atoms with E-state index in [0.29, 0.717) is 30.3 Å². The predicted octanol–water partition coefficient (Wildman–Crippen LogP) is 3.24. The SMILES string of the molecule is CCOc1ccc(NCc2ccc(OC)cc2F)cn1. The van der Waals surface area contributed by atoms with Gasteiger partial charge in [0.05, 0.1) is 25.6 Å². The zero-order valence-corrected chi connectivity index (χ0v) is 11.5. The molecular weight excluding hydrogens is 259 g/mol. The van der Waals surface area contributed by atoms with Gasteiger partial charge in [-0.1, -0.05) is 6.07 Å². The minimum absolute atomic E-state index is 0.296. The summed E-state index contributed by atoms with van der Waals surface area (Å²) >= 11 is 0. The zero-order chi connectivity index (χ0) is 14.4. The second-order valence-electron chi connectivity index (χ2n) is 4.13. The van der Waals surface area contributed by atoms with E-state index in [1.807, 2.05) is 13.0 Å². The number of nitrogens with one attached hydrogen (secondary N) is 1. The van der Waals surface area contributed by atoms with Crippen LogP contribution in [0.3, 0.4) is 0 Å². The number of ether oxygens (including phenoxy) is 2. The van der Waals surface area contributed by atoms with E-state index in [1.165, 1.54) is 13.2 Å². The lowest BCUT2D eigenvalue weighted by Crippen LogP contribution is -2.03. The molecule has 5 heteroatoms. The molecular formula is C15H17FN2O2. The van der Waals surface area contributed by atoms with Gasteiger partial charge in [0.1, 0.15) is 11.6 Å². The van der Waals surface area contributed by atoms with Crippen LogP contribution in [0.25, 0.3) is 0 Å². The first-order chi connectivity index (χ1) is 9.72. The summed E-state index contributed by atoms with van der Waals surface area (Å²) in [6.07, 6.45) is 1.66. The Morgan fingerprint density at radius 3 is 2.70 bits per heavy atom. The molecule has 1 aromatic carbocycles. The Balaban J connectivity index is 1.97. The summed E-state index contributed by atoms with van der Waals surface area (Å²) in [5, 5.41) is 3.11. The van der Waals surface area contributed by atoms with Crippen LogP contribution in [-0.2, 0) is 6.54 Å². The van der Waals surface area contributed by atoms with Crippen LogP contribution in [0.15, 0.2) is 36.5 Å². The third kappa shape index (κ3) is 3.60. The molecule has 0 saturated heterocycles. The van der Waals surface area contributed by atoms with Crippen LogP contribution in [-0.4, -0.2) is 18.7 Å². The number of anilines is 1. The smallest absolute Gasteiger partial charge is 0.213 e. The molecule has 0 amide bonds. The average Bonchev–Trinajstić information content (AvgIpc) is 2.48. The maximum atomic E-state index is 13.7. The van der Waals surface area contributed by atoms with Crippen LogP contribution >= 0.6 is 0 Å². The maximum absolute atomic E-state index is 13.7. The molecule has 1 aromatic heterocycles. The number of hydrogen-bond donors (Lipinski definition) is 1. The Kier molecular flexibility index (Phi) is 4.76. The molecule has 4 nitrogen and oxygen atoms in total. The first-order valence-electron chi connectivity index (χ1n) is 6.38. The highest BCUT2D eigenvalue weighted by Gasteiger charge is 2.04. The molecule has 0 aliphatic heterocycles. The van der Waals surface area contributed by atoms with Crippen LogP contribution < -0.4 is 14.8 Å². The van der Waals surface area contributed by atoms with E-state index in [1.54, 1.807) is 24.4 Å². The molecule has 0 saturated carbocycles. The molecule has 2 rings (SSSR count). The van der Waals surface area contributed by atoms with E-state index < -0.39 is 0 Å². The Bertz CT molecular complexity index is 558. The van der Waals surface area contributed by atoms with Crippen molar-refractivity contribution < 1.29 is 13.9 Å². The van der Waals surface area contributed by atoms with Gasteiger partial charge >= 0.3 is 0 Å². The van der Waals surface area contributed by atoms with Gasteiger partial charge in [0.25, 0.3) is 0 Å². The fourth-order valence-electron chi connectivity index (χ4n) is 1.71. The van der Waals surface area contributed by atoms with E-state index in [4.69, 9.17) is 9.47 Å². The third-order valence-corrected chi connectivity index (χ3v) is 2.77. The fraction of sp³-hybridized carbons (Fsp3) is 0.267. The summed E-state index contributed by atoms with van der Waals surface area (Å²) in [6.45, 7) is 2.86. The number of halogens is 1. The lowest BCUT2D eigenvalue weighted by atomic mass is 10.2. The fourth-order valence-corrected chi connectivity index (χ4v) is 1.71. The van der Waals surface area contributed by atoms with Crippen LogP contribution in [0.5, 0.6) is 11.6 Å². The topological polar surface area (TPSA) is 43.4 Å². The molecule has 0 spiro atoms. The molecule has 0 unspecified atom stereocenters. The minimum Gasteiger partial charge on any atom is -0.497 e. The molecule has 0 aliphatic rings. The lowest BCUT2D eigenvalue weighted by Gasteiger charge is -2.09. The van der Waals surface area contributed by atoms with Gasteiger partial charge in [-0.25, -0.2) is 9.37 Å². The van der Waals surface area contributed by atoms with Gasteiger partial charge in [-0.2, -0.15) is 0 Å². The van der Waals surface area contributed by atoms with Crippen molar-refractivity contribution in [3.8, 4) is 11.6 Å². The molecule has 2 aromatic rings. The lowest BCUT2D eigenvalue weighted by molar-refractivity contribution is 0.327. The number of rotatable bonds is 6. The van der Waals surface area contributed by atoms with E-state index in [0.717, 1.165) is 5.69 Å². The highest BCUT2D eigenvalue weighted by Crippen LogP contribution is 2.18. The van der Waals surface area contributed by atoms with Crippen molar-refractivity contribution in [3.63, 3.8) is 0 Å². The Labute approximate surface area is 117 Å². The van der Waals surface area contributed by atoms with E-state index in [2.05, 4.69) is 10.3 Å². The largest absolute Gasteiger partial charge is 0.497 e. The Morgan fingerprint density at radius 2 is 2.10 bits per heavy atom. The normalized spacial score (nSPS) is 10.2. The molecule has 106 valence electrons. The minimum atomic E-state index is -0.296. The average molecular weight is 276 g/mol. The number of aromatic nitrogens is 1. The molecule has 0 bridgehead atoms. The van der Waals surface area contributed by atoms with Crippen molar-refractivity contribution in [3.05, 3.63) is 47.9 Å². The number of benzene rings is 1. The van der Waals surface area contributed by atoms with Gasteiger partial charge in [0.15, 0.2) is 0 Å².